The molecule has 0 aliphatic carbocycles. The summed E-state index contributed by atoms with van der Waals surface area (Å²) in [5, 5.41) is 15.3. The minimum Gasteiger partial charge on any atom is -0.347 e. The molecule has 3 rings (SSSR count). The lowest BCUT2D eigenvalue weighted by molar-refractivity contribution is 0.0945. The van der Waals surface area contributed by atoms with Crippen LogP contribution in [0.1, 0.15) is 41.2 Å². The number of nitrogens with one attached hydrogen (secondary N) is 1. The van der Waals surface area contributed by atoms with Gasteiger partial charge in [0.1, 0.15) is 11.5 Å². The molecule has 2 aromatic heterocycles. The molecule has 0 unspecified atom stereocenters. The highest BCUT2D eigenvalue weighted by Crippen LogP contribution is 2.17. The molecule has 1 aromatic carbocycles. The van der Waals surface area contributed by atoms with E-state index in [0.29, 0.717) is 35.1 Å². The number of carbonyl (C=O) groups excluding carboxylic acids is 1. The third-order valence-corrected chi connectivity index (χ3v) is 4.10. The summed E-state index contributed by atoms with van der Waals surface area (Å²) in [6, 6.07) is 8.22. The molecule has 1 amide bonds. The Labute approximate surface area is 163 Å². The van der Waals surface area contributed by atoms with E-state index >= 15 is 0 Å². The first kappa shape index (κ1) is 19.6. The molecule has 0 atom stereocenters. The highest BCUT2D eigenvalue weighted by molar-refractivity contribution is 5.93. The standard InChI is InChI=1S/C20H23FN6O/c1-12(2)11-27-25-19(24-26-27)16-8-14(4)23-18(9-16)20(28)22-10-15-5-6-17(21)13(3)7-15/h5-9,12H,10-11H2,1-4H3,(H,22,28). The van der Waals surface area contributed by atoms with Crippen molar-refractivity contribution in [1.29, 1.82) is 0 Å². The average Bonchev–Trinajstić information content (AvgIpc) is 3.09. The molecule has 146 valence electrons. The Morgan fingerprint density at radius 3 is 2.71 bits per heavy atom. The van der Waals surface area contributed by atoms with Crippen LogP contribution < -0.4 is 5.32 Å². The number of aryl methyl sites for hydroxylation is 2. The fourth-order valence-corrected chi connectivity index (χ4v) is 2.77. The van der Waals surface area contributed by atoms with Crippen molar-refractivity contribution in [3.05, 3.63) is 58.7 Å². The minimum absolute atomic E-state index is 0.266. The summed E-state index contributed by atoms with van der Waals surface area (Å²) in [7, 11) is 0. The summed E-state index contributed by atoms with van der Waals surface area (Å²) in [5.74, 6) is 0.270. The Morgan fingerprint density at radius 1 is 1.21 bits per heavy atom. The van der Waals surface area contributed by atoms with Crippen LogP contribution in [0.5, 0.6) is 0 Å². The molecule has 0 saturated heterocycles. The second-order valence-corrected chi connectivity index (χ2v) is 7.21. The van der Waals surface area contributed by atoms with Gasteiger partial charge in [-0.15, -0.1) is 10.2 Å². The first-order valence-corrected chi connectivity index (χ1v) is 9.12. The van der Waals surface area contributed by atoms with Crippen LogP contribution in [0.2, 0.25) is 0 Å². The maximum Gasteiger partial charge on any atom is 0.270 e. The molecule has 0 saturated carbocycles. The fourth-order valence-electron chi connectivity index (χ4n) is 2.77. The van der Waals surface area contributed by atoms with Crippen molar-refractivity contribution in [2.24, 2.45) is 5.92 Å². The first-order valence-electron chi connectivity index (χ1n) is 9.12. The third kappa shape index (κ3) is 4.76. The van der Waals surface area contributed by atoms with E-state index in [1.807, 2.05) is 13.0 Å². The third-order valence-electron chi connectivity index (χ3n) is 4.10. The zero-order valence-electron chi connectivity index (χ0n) is 16.4. The van der Waals surface area contributed by atoms with Gasteiger partial charge in [-0.25, -0.2) is 9.37 Å². The Morgan fingerprint density at radius 2 is 2.00 bits per heavy atom. The number of tetrazole rings is 1. The van der Waals surface area contributed by atoms with Crippen LogP contribution in [0.4, 0.5) is 4.39 Å². The van der Waals surface area contributed by atoms with Crippen molar-refractivity contribution in [2.45, 2.75) is 40.8 Å². The Bertz CT molecular complexity index is 998. The molecular formula is C20H23FN6O. The van der Waals surface area contributed by atoms with Crippen LogP contribution in [0, 0.1) is 25.6 Å². The predicted molar refractivity (Wildman–Crippen MR) is 103 cm³/mol. The lowest BCUT2D eigenvalue weighted by atomic mass is 10.1. The first-order chi connectivity index (χ1) is 13.3. The monoisotopic (exact) mass is 382 g/mol. The lowest BCUT2D eigenvalue weighted by Crippen LogP contribution is -2.24. The van der Waals surface area contributed by atoms with Gasteiger partial charge < -0.3 is 5.32 Å². The highest BCUT2D eigenvalue weighted by Gasteiger charge is 2.14. The molecule has 8 heteroatoms. The second kappa shape index (κ2) is 8.24. The number of hydrogen-bond acceptors (Lipinski definition) is 5. The second-order valence-electron chi connectivity index (χ2n) is 7.21. The summed E-state index contributed by atoms with van der Waals surface area (Å²) in [6.07, 6.45) is 0. The Balaban J connectivity index is 1.75. The van der Waals surface area contributed by atoms with Gasteiger partial charge >= 0.3 is 0 Å². The number of aromatic nitrogens is 5. The van der Waals surface area contributed by atoms with Gasteiger partial charge in [-0.1, -0.05) is 26.0 Å². The zero-order chi connectivity index (χ0) is 20.3. The average molecular weight is 382 g/mol. The summed E-state index contributed by atoms with van der Waals surface area (Å²) < 4.78 is 13.4. The van der Waals surface area contributed by atoms with Crippen LogP contribution in [-0.2, 0) is 13.1 Å². The van der Waals surface area contributed by atoms with Crippen LogP contribution in [-0.4, -0.2) is 31.1 Å². The molecule has 0 bridgehead atoms. The summed E-state index contributed by atoms with van der Waals surface area (Å²) in [6.45, 7) is 8.60. The van der Waals surface area contributed by atoms with E-state index in [4.69, 9.17) is 0 Å². The molecule has 3 aromatic rings. The van der Waals surface area contributed by atoms with Gasteiger partial charge in [0.25, 0.3) is 5.91 Å². The van der Waals surface area contributed by atoms with Gasteiger partial charge in [-0.3, -0.25) is 4.79 Å². The van der Waals surface area contributed by atoms with Gasteiger partial charge in [-0.2, -0.15) is 4.80 Å². The van der Waals surface area contributed by atoms with Crippen LogP contribution in [0.15, 0.2) is 30.3 Å². The van der Waals surface area contributed by atoms with E-state index < -0.39 is 0 Å². The summed E-state index contributed by atoms with van der Waals surface area (Å²) in [5.41, 5.74) is 3.00. The van der Waals surface area contributed by atoms with Gasteiger partial charge in [0, 0.05) is 17.8 Å². The van der Waals surface area contributed by atoms with Gasteiger partial charge in [0.15, 0.2) is 0 Å². The zero-order valence-corrected chi connectivity index (χ0v) is 16.4. The molecule has 0 aliphatic heterocycles. The van der Waals surface area contributed by atoms with E-state index in [1.165, 1.54) is 6.07 Å². The Hall–Kier alpha value is -3.16. The molecule has 28 heavy (non-hydrogen) atoms. The van der Waals surface area contributed by atoms with E-state index in [2.05, 4.69) is 39.6 Å². The predicted octanol–water partition coefficient (Wildman–Crippen LogP) is 3.08. The van der Waals surface area contributed by atoms with Gasteiger partial charge in [-0.05, 0) is 54.3 Å². The number of rotatable bonds is 6. The number of benzene rings is 1. The van der Waals surface area contributed by atoms with Gasteiger partial charge in [0.05, 0.1) is 6.54 Å². The van der Waals surface area contributed by atoms with E-state index in [0.717, 1.165) is 5.56 Å². The number of carbonyl (C=O) groups is 1. The Kier molecular flexibility index (Phi) is 5.77. The van der Waals surface area contributed by atoms with Crippen molar-refractivity contribution < 1.29 is 9.18 Å². The van der Waals surface area contributed by atoms with E-state index in [1.54, 1.807) is 29.9 Å². The molecule has 7 nitrogen and oxygen atoms in total. The van der Waals surface area contributed by atoms with Crippen LogP contribution in [0.3, 0.4) is 0 Å². The maximum absolute atomic E-state index is 13.4. The van der Waals surface area contributed by atoms with Gasteiger partial charge in [0.2, 0.25) is 5.82 Å². The molecule has 0 radical (unpaired) electrons. The SMILES string of the molecule is Cc1cc(-c2nnn(CC(C)C)n2)cc(C(=O)NCc2ccc(F)c(C)c2)n1. The quantitative estimate of drug-likeness (QED) is 0.708. The number of hydrogen-bond donors (Lipinski definition) is 1. The fraction of sp³-hybridized carbons (Fsp3) is 0.350. The lowest BCUT2D eigenvalue weighted by Gasteiger charge is -2.08. The van der Waals surface area contributed by atoms with Crippen molar-refractivity contribution in [1.82, 2.24) is 30.5 Å². The molecule has 2 heterocycles. The van der Waals surface area contributed by atoms with Crippen molar-refractivity contribution in [2.75, 3.05) is 0 Å². The molecule has 0 spiro atoms. The van der Waals surface area contributed by atoms with Crippen molar-refractivity contribution in [3.8, 4) is 11.4 Å². The number of amides is 1. The van der Waals surface area contributed by atoms with E-state index in [-0.39, 0.29) is 24.0 Å². The molecule has 0 fully saturated rings. The van der Waals surface area contributed by atoms with Crippen molar-refractivity contribution in [3.63, 3.8) is 0 Å². The molecule has 0 aliphatic rings. The maximum atomic E-state index is 13.4. The summed E-state index contributed by atoms with van der Waals surface area (Å²) in [4.78, 5) is 18.4. The van der Waals surface area contributed by atoms with Crippen LogP contribution >= 0.6 is 0 Å². The smallest absolute Gasteiger partial charge is 0.270 e. The number of halogens is 1. The van der Waals surface area contributed by atoms with E-state index in [9.17, 15) is 9.18 Å². The molecular weight excluding hydrogens is 359 g/mol. The number of nitrogens with zero attached hydrogens (tertiary/aromatic N) is 5. The number of pyridine rings is 1. The highest BCUT2D eigenvalue weighted by atomic mass is 19.1. The summed E-state index contributed by atoms with van der Waals surface area (Å²) >= 11 is 0. The molecule has 1 N–H and O–H groups in total. The largest absolute Gasteiger partial charge is 0.347 e. The normalized spacial score (nSPS) is 11.1. The topological polar surface area (TPSA) is 85.6 Å². The minimum atomic E-state index is -0.318. The van der Waals surface area contributed by atoms with Crippen LogP contribution in [0.25, 0.3) is 11.4 Å². The van der Waals surface area contributed by atoms with Crippen molar-refractivity contribution >= 4 is 5.91 Å².